The van der Waals surface area contributed by atoms with Gasteiger partial charge in [0.1, 0.15) is 6.04 Å². The van der Waals surface area contributed by atoms with Gasteiger partial charge in [-0.1, -0.05) is 0 Å². The highest BCUT2D eigenvalue weighted by Crippen LogP contribution is 2.31. The van der Waals surface area contributed by atoms with Crippen molar-refractivity contribution < 1.29 is 24.6 Å². The van der Waals surface area contributed by atoms with Gasteiger partial charge in [-0.2, -0.15) is 5.48 Å². The zero-order valence-electron chi connectivity index (χ0n) is 7.86. The maximum absolute atomic E-state index is 13.0. The van der Waals surface area contributed by atoms with Gasteiger partial charge in [-0.3, -0.25) is 4.79 Å². The van der Waals surface area contributed by atoms with Gasteiger partial charge in [0, 0.05) is 0 Å². The average molecular weight is 215 g/mol. The van der Waals surface area contributed by atoms with E-state index in [0.29, 0.717) is 0 Å². The molecule has 0 saturated carbocycles. The number of hydroxylamine groups is 1. The molecule has 1 unspecified atom stereocenters. The summed E-state index contributed by atoms with van der Waals surface area (Å²) in [5.74, 6) is -3.10. The lowest BCUT2D eigenvalue weighted by atomic mass is 10.0. The molecule has 1 atom stereocenters. The highest BCUT2D eigenvalue weighted by Gasteiger charge is 2.19. The second-order valence-corrected chi connectivity index (χ2v) is 3.04. The Hall–Kier alpha value is -1.66. The Bertz CT molecular complexity index is 371. The Kier molecular flexibility index (Phi) is 3.23. The van der Waals surface area contributed by atoms with Crippen LogP contribution < -0.4 is 5.48 Å². The lowest BCUT2D eigenvalue weighted by Crippen LogP contribution is -2.23. The van der Waals surface area contributed by atoms with Gasteiger partial charge in [-0.15, -0.1) is 0 Å². The van der Waals surface area contributed by atoms with Crippen molar-refractivity contribution in [2.45, 2.75) is 13.0 Å². The number of aromatic hydroxyl groups is 2. The number of hydrogen-bond acceptors (Lipinski definition) is 5. The number of Topliss-reactive ketones (excluding diaryl/α,β-unsaturated/α-hetero) is 1. The predicted molar refractivity (Wildman–Crippen MR) is 48.1 cm³/mol. The molecule has 4 N–H and O–H groups in total. The zero-order valence-corrected chi connectivity index (χ0v) is 7.86. The van der Waals surface area contributed by atoms with Crippen LogP contribution in [-0.2, 0) is 4.79 Å². The minimum atomic E-state index is -1.13. The van der Waals surface area contributed by atoms with Crippen molar-refractivity contribution in [3.05, 3.63) is 23.5 Å². The monoisotopic (exact) mass is 215 g/mol. The molecule has 82 valence electrons. The van der Waals surface area contributed by atoms with Crippen LogP contribution in [0.25, 0.3) is 0 Å². The number of halogens is 1. The summed E-state index contributed by atoms with van der Waals surface area (Å²) in [6.07, 6.45) is 0. The molecule has 0 aromatic heterocycles. The molecular weight excluding hydrogens is 205 g/mol. The van der Waals surface area contributed by atoms with Crippen LogP contribution in [0.1, 0.15) is 18.5 Å². The van der Waals surface area contributed by atoms with Gasteiger partial charge in [-0.05, 0) is 24.6 Å². The van der Waals surface area contributed by atoms with Crippen LogP contribution in [-0.4, -0.2) is 21.2 Å². The molecule has 1 aromatic carbocycles. The third kappa shape index (κ3) is 2.23. The fourth-order valence-corrected chi connectivity index (χ4v) is 1.17. The highest BCUT2D eigenvalue weighted by atomic mass is 19.1. The van der Waals surface area contributed by atoms with Crippen LogP contribution in [0, 0.1) is 5.82 Å². The molecule has 0 aliphatic rings. The van der Waals surface area contributed by atoms with E-state index in [-0.39, 0.29) is 5.56 Å². The van der Waals surface area contributed by atoms with Crippen LogP contribution >= 0.6 is 0 Å². The van der Waals surface area contributed by atoms with Gasteiger partial charge in [0.25, 0.3) is 0 Å². The molecule has 5 nitrogen and oxygen atoms in total. The molecule has 6 heteroatoms. The molecule has 0 aliphatic carbocycles. The van der Waals surface area contributed by atoms with Crippen LogP contribution in [0.4, 0.5) is 4.39 Å². The Labute approximate surface area is 84.7 Å². The predicted octanol–water partition coefficient (Wildman–Crippen LogP) is 0.846. The van der Waals surface area contributed by atoms with Gasteiger partial charge in [0.2, 0.25) is 0 Å². The lowest BCUT2D eigenvalue weighted by Gasteiger charge is -2.12. The van der Waals surface area contributed by atoms with Crippen molar-refractivity contribution in [2.24, 2.45) is 0 Å². The van der Waals surface area contributed by atoms with E-state index in [9.17, 15) is 9.18 Å². The Morgan fingerprint density at radius 1 is 1.47 bits per heavy atom. The summed E-state index contributed by atoms with van der Waals surface area (Å²) in [4.78, 5) is 11.0. The zero-order chi connectivity index (χ0) is 11.6. The van der Waals surface area contributed by atoms with E-state index in [2.05, 4.69) is 0 Å². The van der Waals surface area contributed by atoms with Gasteiger partial charge in [-0.25, -0.2) is 4.39 Å². The summed E-state index contributed by atoms with van der Waals surface area (Å²) in [6.45, 7) is 1.19. The molecule has 0 spiro atoms. The normalized spacial score (nSPS) is 12.5. The summed E-state index contributed by atoms with van der Waals surface area (Å²) < 4.78 is 13.0. The quantitative estimate of drug-likeness (QED) is 0.443. The van der Waals surface area contributed by atoms with E-state index in [1.807, 2.05) is 0 Å². The molecule has 0 amide bonds. The van der Waals surface area contributed by atoms with E-state index in [4.69, 9.17) is 15.4 Å². The van der Waals surface area contributed by atoms with Crippen LogP contribution in [0.15, 0.2) is 12.1 Å². The van der Waals surface area contributed by atoms with Gasteiger partial charge >= 0.3 is 0 Å². The van der Waals surface area contributed by atoms with E-state index in [1.165, 1.54) is 6.92 Å². The van der Waals surface area contributed by atoms with Crippen molar-refractivity contribution in [1.82, 2.24) is 5.48 Å². The second-order valence-electron chi connectivity index (χ2n) is 3.04. The molecule has 0 saturated heterocycles. The van der Waals surface area contributed by atoms with Crippen LogP contribution in [0.2, 0.25) is 0 Å². The smallest absolute Gasteiger partial charge is 0.194 e. The summed E-state index contributed by atoms with van der Waals surface area (Å²) in [5, 5.41) is 26.7. The molecule has 1 rings (SSSR count). The first-order valence-corrected chi connectivity index (χ1v) is 4.08. The minimum Gasteiger partial charge on any atom is -0.504 e. The fourth-order valence-electron chi connectivity index (χ4n) is 1.17. The number of nitrogens with one attached hydrogen (secondary N) is 1. The SMILES string of the molecule is CC(=O)C(NO)c1cc(O)c(O)c(F)c1. The molecule has 0 radical (unpaired) electrons. The topological polar surface area (TPSA) is 89.8 Å². The third-order valence-electron chi connectivity index (χ3n) is 1.93. The highest BCUT2D eigenvalue weighted by molar-refractivity contribution is 5.83. The molecular formula is C9H10FNO4. The molecule has 0 bridgehead atoms. The number of phenolic OH excluding ortho intramolecular Hbond substituents is 2. The number of carbonyl (C=O) groups excluding carboxylic acids is 1. The van der Waals surface area contributed by atoms with E-state index < -0.39 is 29.1 Å². The summed E-state index contributed by atoms with van der Waals surface area (Å²) in [6, 6.07) is 0.712. The molecule has 15 heavy (non-hydrogen) atoms. The number of ketones is 1. The van der Waals surface area contributed by atoms with Gasteiger partial charge in [0.05, 0.1) is 0 Å². The average Bonchev–Trinajstić information content (AvgIpc) is 2.14. The first-order valence-electron chi connectivity index (χ1n) is 4.08. The summed E-state index contributed by atoms with van der Waals surface area (Å²) in [5.41, 5.74) is 1.71. The number of hydrogen-bond donors (Lipinski definition) is 4. The van der Waals surface area contributed by atoms with E-state index in [1.54, 1.807) is 5.48 Å². The minimum absolute atomic E-state index is 0.0257. The van der Waals surface area contributed by atoms with Crippen molar-refractivity contribution in [1.29, 1.82) is 0 Å². The fraction of sp³-hybridized carbons (Fsp3) is 0.222. The maximum Gasteiger partial charge on any atom is 0.194 e. The first kappa shape index (κ1) is 11.4. The van der Waals surface area contributed by atoms with E-state index in [0.717, 1.165) is 12.1 Å². The van der Waals surface area contributed by atoms with Crippen molar-refractivity contribution in [2.75, 3.05) is 0 Å². The Morgan fingerprint density at radius 2 is 2.07 bits per heavy atom. The molecule has 0 aliphatic heterocycles. The van der Waals surface area contributed by atoms with Gasteiger partial charge < -0.3 is 15.4 Å². The third-order valence-corrected chi connectivity index (χ3v) is 1.93. The number of rotatable bonds is 3. The largest absolute Gasteiger partial charge is 0.504 e. The molecule has 0 heterocycles. The van der Waals surface area contributed by atoms with Crippen molar-refractivity contribution in [3.8, 4) is 11.5 Å². The Balaban J connectivity index is 3.20. The standard InChI is InChI=1S/C9H10FNO4/c1-4(12)8(11-15)5-2-6(10)9(14)7(13)3-5/h2-3,8,11,13-15H,1H3. The lowest BCUT2D eigenvalue weighted by molar-refractivity contribution is -0.121. The van der Waals surface area contributed by atoms with Crippen LogP contribution in [0.5, 0.6) is 11.5 Å². The molecule has 0 fully saturated rings. The second kappa shape index (κ2) is 4.24. The Morgan fingerprint density at radius 3 is 2.47 bits per heavy atom. The number of phenols is 2. The number of carbonyl (C=O) groups is 1. The first-order chi connectivity index (χ1) is 6.97. The summed E-state index contributed by atoms with van der Waals surface area (Å²) in [7, 11) is 0. The van der Waals surface area contributed by atoms with Crippen LogP contribution in [0.3, 0.4) is 0 Å². The van der Waals surface area contributed by atoms with Crippen molar-refractivity contribution in [3.63, 3.8) is 0 Å². The maximum atomic E-state index is 13.0. The van der Waals surface area contributed by atoms with Crippen molar-refractivity contribution >= 4 is 5.78 Å². The van der Waals surface area contributed by atoms with Gasteiger partial charge in [0.15, 0.2) is 23.1 Å². The summed E-state index contributed by atoms with van der Waals surface area (Å²) >= 11 is 0. The number of benzene rings is 1. The van der Waals surface area contributed by atoms with E-state index >= 15 is 0 Å². The molecule has 1 aromatic rings.